The van der Waals surface area contributed by atoms with Crippen LogP contribution in [0.15, 0.2) is 36.4 Å². The van der Waals surface area contributed by atoms with E-state index < -0.39 is 5.60 Å². The lowest BCUT2D eigenvalue weighted by atomic mass is 9.93. The average Bonchev–Trinajstić information content (AvgIpc) is 2.93. The second-order valence-corrected chi connectivity index (χ2v) is 9.19. The summed E-state index contributed by atoms with van der Waals surface area (Å²) in [6.45, 7) is 9.31. The molecule has 0 aliphatic carbocycles. The van der Waals surface area contributed by atoms with Gasteiger partial charge in [-0.3, -0.25) is 0 Å². The summed E-state index contributed by atoms with van der Waals surface area (Å²) >= 11 is 0. The fraction of sp³-hybridized carbons (Fsp3) is 0.440. The molecule has 0 saturated heterocycles. The van der Waals surface area contributed by atoms with E-state index in [0.29, 0.717) is 0 Å². The minimum atomic E-state index is -0.501. The molecular formula is C25H29FN2O. The van der Waals surface area contributed by atoms with Crippen molar-refractivity contribution in [2.75, 3.05) is 13.6 Å². The van der Waals surface area contributed by atoms with Gasteiger partial charge in [0.15, 0.2) is 0 Å². The number of ether oxygens (including phenoxy) is 1. The van der Waals surface area contributed by atoms with Crippen molar-refractivity contribution in [3.8, 4) is 0 Å². The molecule has 0 radical (unpaired) electrons. The molecule has 0 spiro atoms. The smallest absolute Gasteiger partial charge is 0.123 e. The molecule has 4 heteroatoms. The number of rotatable bonds is 1. The lowest BCUT2D eigenvalue weighted by molar-refractivity contribution is -0.0918. The fourth-order valence-corrected chi connectivity index (χ4v) is 5.39. The van der Waals surface area contributed by atoms with E-state index in [9.17, 15) is 4.39 Å². The zero-order valence-electron chi connectivity index (χ0n) is 17.8. The molecule has 2 aliphatic rings. The summed E-state index contributed by atoms with van der Waals surface area (Å²) < 4.78 is 22.8. The van der Waals surface area contributed by atoms with Crippen LogP contribution in [0.5, 0.6) is 0 Å². The summed E-state index contributed by atoms with van der Waals surface area (Å²) in [6, 6.07) is 11.5. The molecule has 2 aromatic carbocycles. The van der Waals surface area contributed by atoms with Gasteiger partial charge < -0.3 is 14.2 Å². The fourth-order valence-electron chi connectivity index (χ4n) is 5.39. The molecule has 0 fully saturated rings. The predicted molar refractivity (Wildman–Crippen MR) is 115 cm³/mol. The van der Waals surface area contributed by atoms with E-state index in [0.717, 1.165) is 38.0 Å². The second-order valence-electron chi connectivity index (χ2n) is 9.19. The number of nitrogens with zero attached hydrogens (tertiary/aromatic N) is 2. The Morgan fingerprint density at radius 1 is 1.17 bits per heavy atom. The Morgan fingerprint density at radius 3 is 2.69 bits per heavy atom. The van der Waals surface area contributed by atoms with Gasteiger partial charge in [0.2, 0.25) is 0 Å². The highest BCUT2D eigenvalue weighted by molar-refractivity contribution is 5.89. The summed E-state index contributed by atoms with van der Waals surface area (Å²) in [7, 11) is 2.20. The lowest BCUT2D eigenvalue weighted by Crippen LogP contribution is -2.38. The maximum absolute atomic E-state index is 13.6. The van der Waals surface area contributed by atoms with Gasteiger partial charge >= 0.3 is 0 Å². The topological polar surface area (TPSA) is 17.4 Å². The normalized spacial score (nSPS) is 24.9. The van der Waals surface area contributed by atoms with Crippen molar-refractivity contribution in [3.05, 3.63) is 70.2 Å². The van der Waals surface area contributed by atoms with Gasteiger partial charge in [0.1, 0.15) is 11.4 Å². The summed E-state index contributed by atoms with van der Waals surface area (Å²) in [4.78, 5) is 2.41. The van der Waals surface area contributed by atoms with Crippen molar-refractivity contribution < 1.29 is 9.13 Å². The molecular weight excluding hydrogens is 363 g/mol. The second kappa shape index (κ2) is 6.68. The van der Waals surface area contributed by atoms with Crippen molar-refractivity contribution >= 4 is 10.9 Å². The molecule has 152 valence electrons. The van der Waals surface area contributed by atoms with E-state index in [1.54, 1.807) is 12.1 Å². The quantitative estimate of drug-likeness (QED) is 0.583. The van der Waals surface area contributed by atoms with Crippen LogP contribution in [0.25, 0.3) is 10.9 Å². The van der Waals surface area contributed by atoms with Gasteiger partial charge in [-0.15, -0.1) is 0 Å². The van der Waals surface area contributed by atoms with Crippen LogP contribution in [0, 0.1) is 12.7 Å². The molecule has 0 amide bonds. The largest absolute Gasteiger partial charge is 0.365 e. The number of benzene rings is 2. The molecule has 0 bridgehead atoms. The maximum atomic E-state index is 13.6. The van der Waals surface area contributed by atoms with Crippen molar-refractivity contribution in [1.82, 2.24) is 9.47 Å². The SMILES string of the molecule is Cc1cc2c3c(c1)c1c(n3CC(C)(c3ccc(F)cc3)OC(C)C2)CCN(C)C1. The van der Waals surface area contributed by atoms with Crippen LogP contribution in [-0.4, -0.2) is 29.2 Å². The van der Waals surface area contributed by atoms with Gasteiger partial charge in [0.05, 0.1) is 18.2 Å². The van der Waals surface area contributed by atoms with Gasteiger partial charge in [-0.05, 0) is 62.7 Å². The molecule has 3 heterocycles. The van der Waals surface area contributed by atoms with Crippen LogP contribution < -0.4 is 0 Å². The Morgan fingerprint density at radius 2 is 1.93 bits per heavy atom. The Balaban J connectivity index is 1.75. The summed E-state index contributed by atoms with van der Waals surface area (Å²) in [6.07, 6.45) is 2.01. The number of hydrogen-bond acceptors (Lipinski definition) is 2. The first-order valence-electron chi connectivity index (χ1n) is 10.6. The van der Waals surface area contributed by atoms with Crippen LogP contribution in [0.3, 0.4) is 0 Å². The molecule has 5 rings (SSSR count). The first-order chi connectivity index (χ1) is 13.8. The maximum Gasteiger partial charge on any atom is 0.123 e. The third kappa shape index (κ3) is 3.10. The number of aryl methyl sites for hydroxylation is 1. The van der Waals surface area contributed by atoms with Crippen LogP contribution in [0.4, 0.5) is 4.39 Å². The van der Waals surface area contributed by atoms with Crippen LogP contribution >= 0.6 is 0 Å². The van der Waals surface area contributed by atoms with E-state index in [4.69, 9.17) is 4.74 Å². The first-order valence-corrected chi connectivity index (χ1v) is 10.6. The van der Waals surface area contributed by atoms with E-state index in [2.05, 4.69) is 49.4 Å². The number of aromatic nitrogens is 1. The van der Waals surface area contributed by atoms with Gasteiger partial charge in [0.25, 0.3) is 0 Å². The first kappa shape index (κ1) is 18.8. The lowest BCUT2D eigenvalue weighted by Gasteiger charge is -2.37. The van der Waals surface area contributed by atoms with E-state index in [-0.39, 0.29) is 11.9 Å². The van der Waals surface area contributed by atoms with Crippen LogP contribution in [0.1, 0.15) is 41.8 Å². The van der Waals surface area contributed by atoms with Crippen molar-refractivity contribution in [3.63, 3.8) is 0 Å². The van der Waals surface area contributed by atoms with Gasteiger partial charge in [-0.1, -0.05) is 23.8 Å². The minimum Gasteiger partial charge on any atom is -0.365 e. The predicted octanol–water partition coefficient (Wildman–Crippen LogP) is 4.95. The summed E-state index contributed by atoms with van der Waals surface area (Å²) in [5.41, 5.74) is 7.51. The van der Waals surface area contributed by atoms with Gasteiger partial charge in [-0.25, -0.2) is 4.39 Å². The highest BCUT2D eigenvalue weighted by Gasteiger charge is 2.36. The molecule has 0 N–H and O–H groups in total. The number of hydrogen-bond donors (Lipinski definition) is 0. The number of likely N-dealkylation sites (N-methyl/N-ethyl adjacent to an activating group) is 1. The standard InChI is InChI=1S/C25H29FN2O/c1-16-11-18-13-17(2)29-25(3,19-5-7-20(26)8-6-19)15-28-23-9-10-27(4)14-22(23)21(12-16)24(18)28/h5-8,11-12,17H,9-10,13-15H2,1-4H3. The average molecular weight is 393 g/mol. The van der Waals surface area contributed by atoms with Crippen LogP contribution in [-0.2, 0) is 36.3 Å². The van der Waals surface area contributed by atoms with E-state index in [1.807, 2.05) is 12.1 Å². The molecule has 29 heavy (non-hydrogen) atoms. The zero-order valence-corrected chi connectivity index (χ0v) is 17.8. The molecule has 1 aromatic heterocycles. The van der Waals surface area contributed by atoms with Gasteiger partial charge in [-0.2, -0.15) is 0 Å². The van der Waals surface area contributed by atoms with Crippen molar-refractivity contribution in [1.29, 1.82) is 0 Å². The van der Waals surface area contributed by atoms with E-state index >= 15 is 0 Å². The van der Waals surface area contributed by atoms with Crippen LogP contribution in [0.2, 0.25) is 0 Å². The molecule has 0 saturated carbocycles. The Hall–Kier alpha value is -2.17. The third-order valence-electron chi connectivity index (χ3n) is 6.64. The van der Waals surface area contributed by atoms with Gasteiger partial charge in [0, 0.05) is 37.0 Å². The molecule has 3 aromatic rings. The molecule has 2 atom stereocenters. The molecule has 3 nitrogen and oxygen atoms in total. The highest BCUT2D eigenvalue weighted by atomic mass is 19.1. The Kier molecular flexibility index (Phi) is 4.34. The number of halogens is 1. The van der Waals surface area contributed by atoms with Crippen molar-refractivity contribution in [2.45, 2.75) is 58.4 Å². The minimum absolute atomic E-state index is 0.0819. The Labute approximate surface area is 172 Å². The molecule has 2 unspecified atom stereocenters. The van der Waals surface area contributed by atoms with Crippen molar-refractivity contribution in [2.24, 2.45) is 0 Å². The highest BCUT2D eigenvalue weighted by Crippen LogP contribution is 2.40. The Bertz CT molecular complexity index is 1080. The number of fused-ring (bicyclic) bond motifs is 3. The summed E-state index contributed by atoms with van der Waals surface area (Å²) in [5.74, 6) is -0.208. The zero-order chi connectivity index (χ0) is 20.3. The van der Waals surface area contributed by atoms with E-state index in [1.165, 1.54) is 33.3 Å². The third-order valence-corrected chi connectivity index (χ3v) is 6.64. The summed E-state index contributed by atoms with van der Waals surface area (Å²) in [5, 5.41) is 1.40. The monoisotopic (exact) mass is 392 g/mol. The molecule has 2 aliphatic heterocycles.